The summed E-state index contributed by atoms with van der Waals surface area (Å²) in [6, 6.07) is 4.80. The largest absolute Gasteiger partial charge is 0.283 e. The molecule has 0 saturated heterocycles. The summed E-state index contributed by atoms with van der Waals surface area (Å²) in [6.07, 6.45) is 5.66. The molecule has 110 valence electrons. The monoisotopic (exact) mass is 316 g/mol. The molecule has 0 atom stereocenters. The third-order valence-corrected chi connectivity index (χ3v) is 3.48. The lowest BCUT2D eigenvalue weighted by Crippen LogP contribution is -1.94. The molecule has 2 aromatic heterocycles. The number of hydrogen-bond donors (Lipinski definition) is 1. The summed E-state index contributed by atoms with van der Waals surface area (Å²) in [5, 5.41) is 29.3. The van der Waals surface area contributed by atoms with Crippen molar-refractivity contribution in [3.8, 4) is 0 Å². The van der Waals surface area contributed by atoms with Gasteiger partial charge in [0.25, 0.3) is 5.69 Å². The van der Waals surface area contributed by atoms with Crippen LogP contribution in [-0.4, -0.2) is 41.2 Å². The van der Waals surface area contributed by atoms with E-state index in [-0.39, 0.29) is 5.69 Å². The zero-order valence-electron chi connectivity index (χ0n) is 10.9. The summed E-state index contributed by atoms with van der Waals surface area (Å²) in [5.41, 5.74) is 0.552. The van der Waals surface area contributed by atoms with Crippen LogP contribution in [0.3, 0.4) is 0 Å². The van der Waals surface area contributed by atoms with Gasteiger partial charge in [0.2, 0.25) is 0 Å². The molecular formula is C11H8N8O2S. The number of aromatic amines is 1. The molecule has 0 spiro atoms. The topological polar surface area (TPSA) is 128 Å². The molecule has 0 aliphatic heterocycles. The molecule has 2 heterocycles. The number of nitrogens with zero attached hydrogens (tertiary/aromatic N) is 7. The molecule has 22 heavy (non-hydrogen) atoms. The van der Waals surface area contributed by atoms with Gasteiger partial charge in [0, 0.05) is 11.6 Å². The van der Waals surface area contributed by atoms with Gasteiger partial charge in [-0.25, -0.2) is 9.66 Å². The second-order valence-electron chi connectivity index (χ2n) is 3.96. The molecule has 3 rings (SSSR count). The van der Waals surface area contributed by atoms with E-state index < -0.39 is 4.92 Å². The summed E-state index contributed by atoms with van der Waals surface area (Å²) in [7, 11) is 0. The number of benzene rings is 1. The molecular weight excluding hydrogens is 308 g/mol. The third-order valence-electron chi connectivity index (χ3n) is 2.53. The molecule has 0 saturated carbocycles. The summed E-state index contributed by atoms with van der Waals surface area (Å²) in [4.78, 5) is 15.2. The van der Waals surface area contributed by atoms with Gasteiger partial charge in [-0.15, -0.1) is 10.2 Å². The van der Waals surface area contributed by atoms with Crippen molar-refractivity contribution in [1.82, 2.24) is 30.1 Å². The average molecular weight is 316 g/mol. The highest BCUT2D eigenvalue weighted by molar-refractivity contribution is 7.99. The Labute approximate surface area is 127 Å². The zero-order chi connectivity index (χ0) is 15.4. The maximum Gasteiger partial charge on any atom is 0.283 e. The SMILES string of the molecule is O=[N+]([O-])c1cc(/C=N/n2cnnc2)ccc1Sc1ncn[nH]1. The fraction of sp³-hybridized carbons (Fsp3) is 0. The zero-order valence-corrected chi connectivity index (χ0v) is 11.7. The number of nitro groups is 1. The summed E-state index contributed by atoms with van der Waals surface area (Å²) in [5.74, 6) is 0. The molecule has 0 unspecified atom stereocenters. The van der Waals surface area contributed by atoms with E-state index in [9.17, 15) is 10.1 Å². The van der Waals surface area contributed by atoms with E-state index in [4.69, 9.17) is 0 Å². The van der Waals surface area contributed by atoms with Gasteiger partial charge in [0.05, 0.1) is 16.0 Å². The van der Waals surface area contributed by atoms with Gasteiger partial charge >= 0.3 is 0 Å². The van der Waals surface area contributed by atoms with Gasteiger partial charge in [-0.2, -0.15) is 10.2 Å². The van der Waals surface area contributed by atoms with Crippen LogP contribution in [-0.2, 0) is 0 Å². The molecule has 1 aromatic carbocycles. The first-order chi connectivity index (χ1) is 10.7. The molecule has 1 N–H and O–H groups in total. The lowest BCUT2D eigenvalue weighted by atomic mass is 10.2. The van der Waals surface area contributed by atoms with Crippen LogP contribution in [0.2, 0.25) is 0 Å². The van der Waals surface area contributed by atoms with Crippen molar-refractivity contribution >= 4 is 23.7 Å². The van der Waals surface area contributed by atoms with E-state index in [2.05, 4.69) is 30.5 Å². The lowest BCUT2D eigenvalue weighted by Gasteiger charge is -2.01. The van der Waals surface area contributed by atoms with Crippen molar-refractivity contribution in [2.75, 3.05) is 0 Å². The number of rotatable bonds is 5. The van der Waals surface area contributed by atoms with Gasteiger partial charge in [0.1, 0.15) is 19.0 Å². The van der Waals surface area contributed by atoms with Crippen LogP contribution >= 0.6 is 11.8 Å². The third kappa shape index (κ3) is 3.15. The molecule has 0 aliphatic rings. The second kappa shape index (κ2) is 6.13. The van der Waals surface area contributed by atoms with E-state index in [0.29, 0.717) is 15.6 Å². The Morgan fingerprint density at radius 2 is 2.18 bits per heavy atom. The molecule has 0 bridgehead atoms. The Morgan fingerprint density at radius 3 is 2.86 bits per heavy atom. The minimum atomic E-state index is -0.450. The van der Waals surface area contributed by atoms with Crippen LogP contribution in [0.5, 0.6) is 0 Å². The average Bonchev–Trinajstić information content (AvgIpc) is 3.19. The van der Waals surface area contributed by atoms with E-state index >= 15 is 0 Å². The van der Waals surface area contributed by atoms with Crippen molar-refractivity contribution in [1.29, 1.82) is 0 Å². The number of nitrogens with one attached hydrogen (secondary N) is 1. The predicted molar refractivity (Wildman–Crippen MR) is 76.6 cm³/mol. The summed E-state index contributed by atoms with van der Waals surface area (Å²) in [6.45, 7) is 0. The molecule has 10 nitrogen and oxygen atoms in total. The Kier molecular flexibility index (Phi) is 3.87. The number of nitro benzene ring substituents is 1. The molecule has 11 heteroatoms. The minimum Gasteiger partial charge on any atom is -0.258 e. The van der Waals surface area contributed by atoms with Crippen molar-refractivity contribution in [3.63, 3.8) is 0 Å². The van der Waals surface area contributed by atoms with Gasteiger partial charge in [-0.1, -0.05) is 6.07 Å². The first-order valence-electron chi connectivity index (χ1n) is 5.93. The molecule has 0 fully saturated rings. The maximum absolute atomic E-state index is 11.2. The standard InChI is InChI=1S/C11H8N8O2S/c20-19(21)9-3-8(4-16-18-6-14-15-7-18)1-2-10(9)22-11-12-5-13-17-11/h1-7H,(H,12,13,17)/b16-4+. The maximum atomic E-state index is 11.2. The quantitative estimate of drug-likeness (QED) is 0.427. The Balaban J connectivity index is 1.88. The molecule has 3 aromatic rings. The fourth-order valence-electron chi connectivity index (χ4n) is 1.58. The van der Waals surface area contributed by atoms with Crippen molar-refractivity contribution in [2.45, 2.75) is 10.1 Å². The van der Waals surface area contributed by atoms with Crippen molar-refractivity contribution < 1.29 is 4.92 Å². The number of aromatic nitrogens is 6. The minimum absolute atomic E-state index is 0.0332. The van der Waals surface area contributed by atoms with E-state index in [1.807, 2.05) is 0 Å². The van der Waals surface area contributed by atoms with Gasteiger partial charge in [-0.3, -0.25) is 15.2 Å². The Bertz CT molecular complexity index is 800. The van der Waals surface area contributed by atoms with Crippen LogP contribution in [0.15, 0.2) is 52.3 Å². The number of H-pyrrole nitrogens is 1. The Hall–Kier alpha value is -3.08. The number of hydrogen-bond acceptors (Lipinski definition) is 8. The van der Waals surface area contributed by atoms with Crippen molar-refractivity contribution in [3.05, 3.63) is 52.9 Å². The van der Waals surface area contributed by atoms with E-state index in [1.165, 1.54) is 35.9 Å². The first kappa shape index (κ1) is 13.9. The summed E-state index contributed by atoms with van der Waals surface area (Å²) < 4.78 is 1.39. The highest BCUT2D eigenvalue weighted by Crippen LogP contribution is 2.33. The molecule has 0 amide bonds. The van der Waals surface area contributed by atoms with Gasteiger partial charge in [-0.05, 0) is 17.8 Å². The highest BCUT2D eigenvalue weighted by atomic mass is 32.2. The van der Waals surface area contributed by atoms with Crippen LogP contribution in [0.25, 0.3) is 0 Å². The van der Waals surface area contributed by atoms with Crippen LogP contribution < -0.4 is 0 Å². The lowest BCUT2D eigenvalue weighted by molar-refractivity contribution is -0.387. The Morgan fingerprint density at radius 1 is 1.36 bits per heavy atom. The van der Waals surface area contributed by atoms with Gasteiger partial charge < -0.3 is 0 Å². The van der Waals surface area contributed by atoms with E-state index in [0.717, 1.165) is 11.8 Å². The first-order valence-corrected chi connectivity index (χ1v) is 6.74. The van der Waals surface area contributed by atoms with Crippen LogP contribution in [0.4, 0.5) is 5.69 Å². The van der Waals surface area contributed by atoms with Gasteiger partial charge in [0.15, 0.2) is 5.16 Å². The highest BCUT2D eigenvalue weighted by Gasteiger charge is 2.16. The molecule has 0 radical (unpaired) electrons. The summed E-state index contributed by atoms with van der Waals surface area (Å²) >= 11 is 1.13. The van der Waals surface area contributed by atoms with Crippen molar-refractivity contribution in [2.24, 2.45) is 5.10 Å². The second-order valence-corrected chi connectivity index (χ2v) is 4.99. The van der Waals surface area contributed by atoms with E-state index in [1.54, 1.807) is 12.1 Å². The fourth-order valence-corrected chi connectivity index (χ4v) is 2.36. The van der Waals surface area contributed by atoms with Crippen LogP contribution in [0.1, 0.15) is 5.56 Å². The normalized spacial score (nSPS) is 11.1. The smallest absolute Gasteiger partial charge is 0.258 e. The predicted octanol–water partition coefficient (Wildman–Crippen LogP) is 1.34. The molecule has 0 aliphatic carbocycles. The van der Waals surface area contributed by atoms with Crippen LogP contribution in [0, 0.1) is 10.1 Å².